The zero-order valence-corrected chi connectivity index (χ0v) is 16.3. The van der Waals surface area contributed by atoms with Crippen molar-refractivity contribution < 1.29 is 14.7 Å². The smallest absolute Gasteiger partial charge is 0.246 e. The molecule has 5 heteroatoms. The van der Waals surface area contributed by atoms with Crippen LogP contribution in [0.25, 0.3) is 0 Å². The lowest BCUT2D eigenvalue weighted by atomic mass is 9.61. The average Bonchev–Trinajstić information content (AvgIpc) is 2.56. The highest BCUT2D eigenvalue weighted by Crippen LogP contribution is 2.48. The summed E-state index contributed by atoms with van der Waals surface area (Å²) < 4.78 is 0. The summed E-state index contributed by atoms with van der Waals surface area (Å²) in [5.74, 6) is 2.24. The maximum absolute atomic E-state index is 12.5. The highest BCUT2D eigenvalue weighted by molar-refractivity contribution is 5.84. The molecule has 0 spiro atoms. The van der Waals surface area contributed by atoms with E-state index in [0.29, 0.717) is 30.3 Å². The third kappa shape index (κ3) is 3.64. The van der Waals surface area contributed by atoms with E-state index in [0.717, 1.165) is 25.7 Å². The highest BCUT2D eigenvalue weighted by atomic mass is 16.6. The molecule has 0 aromatic carbocycles. The fourth-order valence-electron chi connectivity index (χ4n) is 5.15. The van der Waals surface area contributed by atoms with Crippen LogP contribution in [0.1, 0.15) is 53.4 Å². The van der Waals surface area contributed by atoms with Crippen LogP contribution in [0.2, 0.25) is 0 Å². The molecular weight excluding hydrogens is 316 g/mol. The van der Waals surface area contributed by atoms with Gasteiger partial charge in [-0.2, -0.15) is 5.48 Å². The Hall–Kier alpha value is -0.910. The van der Waals surface area contributed by atoms with Crippen LogP contribution in [-0.4, -0.2) is 41.2 Å². The number of hydrogen-bond acceptors (Lipinski definition) is 4. The summed E-state index contributed by atoms with van der Waals surface area (Å²) in [5.41, 5.74) is 3.71. The third-order valence-corrected chi connectivity index (χ3v) is 6.72. The Bertz CT molecular complexity index is 538. The van der Waals surface area contributed by atoms with Gasteiger partial charge in [-0.25, -0.2) is 0 Å². The SMILES string of the molecule is CC(C)C1CCC(C(C)(C)O)CC1C1=CN(C)C(=O)C2NOCCC12. The van der Waals surface area contributed by atoms with Gasteiger partial charge in [0.1, 0.15) is 6.04 Å². The first-order chi connectivity index (χ1) is 11.7. The minimum Gasteiger partial charge on any atom is -0.390 e. The Balaban J connectivity index is 1.93. The predicted molar refractivity (Wildman–Crippen MR) is 97.3 cm³/mol. The van der Waals surface area contributed by atoms with Crippen molar-refractivity contribution in [1.29, 1.82) is 0 Å². The monoisotopic (exact) mass is 350 g/mol. The number of amides is 1. The average molecular weight is 351 g/mol. The first-order valence-corrected chi connectivity index (χ1v) is 9.78. The Labute approximate surface area is 151 Å². The first kappa shape index (κ1) is 18.9. The molecule has 1 aliphatic carbocycles. The molecule has 1 saturated heterocycles. The van der Waals surface area contributed by atoms with Crippen LogP contribution in [-0.2, 0) is 9.63 Å². The summed E-state index contributed by atoms with van der Waals surface area (Å²) in [6, 6.07) is -0.269. The largest absolute Gasteiger partial charge is 0.390 e. The van der Waals surface area contributed by atoms with Crippen LogP contribution in [0.15, 0.2) is 11.8 Å². The van der Waals surface area contributed by atoms with Crippen LogP contribution >= 0.6 is 0 Å². The number of carbonyl (C=O) groups is 1. The first-order valence-electron chi connectivity index (χ1n) is 9.78. The molecule has 2 aliphatic heterocycles. The molecule has 1 saturated carbocycles. The fourth-order valence-corrected chi connectivity index (χ4v) is 5.15. The number of rotatable bonds is 3. The molecule has 0 aromatic heterocycles. The lowest BCUT2D eigenvalue weighted by Crippen LogP contribution is -2.56. The van der Waals surface area contributed by atoms with E-state index in [1.807, 2.05) is 20.9 Å². The molecule has 0 bridgehead atoms. The number of hydrogen-bond donors (Lipinski definition) is 2. The van der Waals surface area contributed by atoms with Gasteiger partial charge in [-0.1, -0.05) is 13.8 Å². The van der Waals surface area contributed by atoms with Crippen molar-refractivity contribution in [3.05, 3.63) is 11.8 Å². The van der Waals surface area contributed by atoms with Crippen molar-refractivity contribution in [3.63, 3.8) is 0 Å². The standard InChI is InChI=1S/C20H34N2O3/c1-12(2)14-7-6-13(20(3,4)24)10-16(14)17-11-22(5)19(23)18-15(17)8-9-25-21-18/h11-16,18,21,24H,6-10H2,1-5H3. The minimum atomic E-state index is -0.648. The van der Waals surface area contributed by atoms with E-state index < -0.39 is 5.60 Å². The van der Waals surface area contributed by atoms with Crippen LogP contribution in [0, 0.1) is 29.6 Å². The van der Waals surface area contributed by atoms with Crippen molar-refractivity contribution >= 4 is 5.91 Å². The van der Waals surface area contributed by atoms with Crippen LogP contribution in [0.4, 0.5) is 0 Å². The van der Waals surface area contributed by atoms with Crippen molar-refractivity contribution in [2.75, 3.05) is 13.7 Å². The second-order valence-corrected chi connectivity index (χ2v) is 9.10. The Kier molecular flexibility index (Phi) is 5.29. The molecule has 2 N–H and O–H groups in total. The molecule has 1 amide bonds. The fraction of sp³-hybridized carbons (Fsp3) is 0.850. The van der Waals surface area contributed by atoms with E-state index in [9.17, 15) is 9.90 Å². The number of fused-ring (bicyclic) bond motifs is 1. The van der Waals surface area contributed by atoms with Crippen molar-refractivity contribution in [3.8, 4) is 0 Å². The van der Waals surface area contributed by atoms with E-state index in [4.69, 9.17) is 4.84 Å². The van der Waals surface area contributed by atoms with Crippen molar-refractivity contribution in [2.24, 2.45) is 29.6 Å². The summed E-state index contributed by atoms with van der Waals surface area (Å²) in [5, 5.41) is 10.6. The van der Waals surface area contributed by atoms with Gasteiger partial charge in [0, 0.05) is 19.2 Å². The van der Waals surface area contributed by atoms with Gasteiger partial charge in [-0.05, 0) is 68.8 Å². The van der Waals surface area contributed by atoms with E-state index in [2.05, 4.69) is 25.5 Å². The van der Waals surface area contributed by atoms with Gasteiger partial charge in [-0.3, -0.25) is 4.79 Å². The summed E-state index contributed by atoms with van der Waals surface area (Å²) in [7, 11) is 1.84. The van der Waals surface area contributed by atoms with Gasteiger partial charge in [0.15, 0.2) is 0 Å². The minimum absolute atomic E-state index is 0.0874. The van der Waals surface area contributed by atoms with Gasteiger partial charge < -0.3 is 14.8 Å². The zero-order chi connectivity index (χ0) is 18.4. The maximum atomic E-state index is 12.5. The van der Waals surface area contributed by atoms with Crippen LogP contribution in [0.5, 0.6) is 0 Å². The van der Waals surface area contributed by atoms with E-state index in [1.54, 1.807) is 4.90 Å². The molecular formula is C20H34N2O3. The number of nitrogens with zero attached hydrogens (tertiary/aromatic N) is 1. The number of hydroxylamine groups is 1. The lowest BCUT2D eigenvalue weighted by molar-refractivity contribution is -0.142. The Morgan fingerprint density at radius 1 is 1.28 bits per heavy atom. The molecule has 25 heavy (non-hydrogen) atoms. The maximum Gasteiger partial charge on any atom is 0.246 e. The summed E-state index contributed by atoms with van der Waals surface area (Å²) >= 11 is 0. The molecule has 142 valence electrons. The summed E-state index contributed by atoms with van der Waals surface area (Å²) in [6.45, 7) is 9.13. The molecule has 2 fully saturated rings. The number of likely N-dealkylation sites (N-methyl/N-ethyl adjacent to an activating group) is 1. The molecule has 5 atom stereocenters. The van der Waals surface area contributed by atoms with Crippen molar-refractivity contribution in [1.82, 2.24) is 10.4 Å². The molecule has 3 rings (SSSR count). The van der Waals surface area contributed by atoms with E-state index in [-0.39, 0.29) is 17.9 Å². The second-order valence-electron chi connectivity index (χ2n) is 9.10. The third-order valence-electron chi connectivity index (χ3n) is 6.72. The molecule has 3 aliphatic rings. The quantitative estimate of drug-likeness (QED) is 0.821. The van der Waals surface area contributed by atoms with Gasteiger partial charge in [0.25, 0.3) is 0 Å². The number of nitrogens with one attached hydrogen (secondary N) is 1. The summed E-state index contributed by atoms with van der Waals surface area (Å²) in [6.07, 6.45) is 6.21. The van der Waals surface area contributed by atoms with Gasteiger partial charge in [-0.15, -0.1) is 0 Å². The Morgan fingerprint density at radius 3 is 2.64 bits per heavy atom. The molecule has 0 aromatic rings. The zero-order valence-electron chi connectivity index (χ0n) is 16.3. The van der Waals surface area contributed by atoms with Crippen molar-refractivity contribution in [2.45, 2.75) is 65.0 Å². The second kappa shape index (κ2) is 7.01. The van der Waals surface area contributed by atoms with Gasteiger partial charge >= 0.3 is 0 Å². The van der Waals surface area contributed by atoms with Crippen LogP contribution < -0.4 is 5.48 Å². The highest BCUT2D eigenvalue weighted by Gasteiger charge is 2.46. The summed E-state index contributed by atoms with van der Waals surface area (Å²) in [4.78, 5) is 19.6. The lowest BCUT2D eigenvalue weighted by Gasteiger charge is -2.48. The normalized spacial score (nSPS) is 37.1. The van der Waals surface area contributed by atoms with Gasteiger partial charge in [0.05, 0.1) is 12.2 Å². The predicted octanol–water partition coefficient (Wildman–Crippen LogP) is 2.71. The number of carbonyl (C=O) groups excluding carboxylic acids is 1. The number of aliphatic hydroxyl groups is 1. The topological polar surface area (TPSA) is 61.8 Å². The molecule has 5 unspecified atom stereocenters. The molecule has 2 heterocycles. The molecule has 0 radical (unpaired) electrons. The molecule has 5 nitrogen and oxygen atoms in total. The van der Waals surface area contributed by atoms with Crippen LogP contribution in [0.3, 0.4) is 0 Å². The van der Waals surface area contributed by atoms with E-state index >= 15 is 0 Å². The van der Waals surface area contributed by atoms with E-state index in [1.165, 1.54) is 5.57 Å². The van der Waals surface area contributed by atoms with Gasteiger partial charge in [0.2, 0.25) is 5.91 Å². The Morgan fingerprint density at radius 2 is 2.00 bits per heavy atom.